The van der Waals surface area contributed by atoms with Crippen molar-refractivity contribution in [2.75, 3.05) is 0 Å². The predicted molar refractivity (Wildman–Crippen MR) is 60.4 cm³/mol. The van der Waals surface area contributed by atoms with Gasteiger partial charge in [-0.1, -0.05) is 64.8 Å². The van der Waals surface area contributed by atoms with Crippen molar-refractivity contribution in [3.8, 4) is 0 Å². The van der Waals surface area contributed by atoms with Gasteiger partial charge in [0, 0.05) is 0 Å². The zero-order valence-corrected chi connectivity index (χ0v) is 9.73. The van der Waals surface area contributed by atoms with Gasteiger partial charge in [-0.15, -0.1) is 0 Å². The Kier molecular flexibility index (Phi) is 3.93. The summed E-state index contributed by atoms with van der Waals surface area (Å²) in [5, 5.41) is 0.669. The van der Waals surface area contributed by atoms with Crippen molar-refractivity contribution in [3.05, 3.63) is 0 Å². The summed E-state index contributed by atoms with van der Waals surface area (Å²) in [5.74, 6) is 0. The summed E-state index contributed by atoms with van der Waals surface area (Å²) in [5.41, 5.74) is 0.602. The van der Waals surface area contributed by atoms with Crippen LogP contribution in [0.25, 0.3) is 0 Å². The summed E-state index contributed by atoms with van der Waals surface area (Å²) < 4.78 is 0. The van der Waals surface area contributed by atoms with Crippen LogP contribution in [0, 0.1) is 0 Å². The first-order valence-electron chi connectivity index (χ1n) is 4.82. The second kappa shape index (κ2) is 3.89. The van der Waals surface area contributed by atoms with Crippen molar-refractivity contribution in [2.45, 2.75) is 64.8 Å². The molecule has 0 aliphatic rings. The first kappa shape index (κ1) is 12.1. The van der Waals surface area contributed by atoms with E-state index in [1.807, 2.05) is 0 Å². The second-order valence-electron chi connectivity index (χ2n) is 5.92. The van der Waals surface area contributed by atoms with Crippen molar-refractivity contribution < 1.29 is 0 Å². The maximum atomic E-state index is 2.40. The highest BCUT2D eigenvalue weighted by Crippen LogP contribution is 2.31. The summed E-state index contributed by atoms with van der Waals surface area (Å²) in [6, 6.07) is 0. The lowest BCUT2D eigenvalue weighted by Gasteiger charge is -2.26. The minimum Gasteiger partial charge on any atom is -0.0965 e. The molecule has 12 heavy (non-hydrogen) atoms. The van der Waals surface area contributed by atoms with Crippen LogP contribution >= 0.6 is 0 Å². The van der Waals surface area contributed by atoms with Crippen LogP contribution < -0.4 is 0 Å². The molecule has 0 aliphatic carbocycles. The third kappa shape index (κ3) is 8.23. The maximum Gasteiger partial charge on any atom is 0.111 e. The first-order valence-corrected chi connectivity index (χ1v) is 4.82. The molecule has 0 atom stereocenters. The smallest absolute Gasteiger partial charge is 0.0965 e. The zero-order valence-electron chi connectivity index (χ0n) is 9.73. The van der Waals surface area contributed by atoms with Gasteiger partial charge >= 0.3 is 0 Å². The molecular weight excluding hydrogens is 142 g/mol. The molecule has 0 fully saturated rings. The lowest BCUT2D eigenvalue weighted by atomic mass is 9.32. The Morgan fingerprint density at radius 3 is 1.17 bits per heavy atom. The molecule has 0 bridgehead atoms. The molecule has 0 aromatic rings. The van der Waals surface area contributed by atoms with E-state index in [-0.39, 0.29) is 0 Å². The lowest BCUT2D eigenvalue weighted by Crippen LogP contribution is -2.22. The lowest BCUT2D eigenvalue weighted by molar-refractivity contribution is 0.728. The summed E-state index contributed by atoms with van der Waals surface area (Å²) >= 11 is 0. The van der Waals surface area contributed by atoms with Crippen molar-refractivity contribution in [2.24, 2.45) is 0 Å². The van der Waals surface area contributed by atoms with Crippen LogP contribution in [0.3, 0.4) is 0 Å². The third-order valence-corrected chi connectivity index (χ3v) is 1.53. The van der Waals surface area contributed by atoms with Gasteiger partial charge in [0.1, 0.15) is 14.6 Å². The minimum absolute atomic E-state index is 0.334. The van der Waals surface area contributed by atoms with E-state index in [4.69, 9.17) is 0 Å². The monoisotopic (exact) mass is 164 g/mol. The van der Waals surface area contributed by atoms with E-state index in [1.165, 1.54) is 0 Å². The Morgan fingerprint density at radius 1 is 0.750 bits per heavy atom. The van der Waals surface area contributed by atoms with Gasteiger partial charge in [-0.25, -0.2) is 0 Å². The molecule has 2 radical (unpaired) electrons. The highest BCUT2D eigenvalue weighted by Gasteiger charge is 2.22. The molecule has 0 N–H and O–H groups in total. The average molecular weight is 164 g/mol. The minimum atomic E-state index is 0.334. The maximum absolute atomic E-state index is 2.40. The molecule has 0 rings (SSSR count). The first-order chi connectivity index (χ1) is 5.10. The molecule has 2 heteroatoms. The van der Waals surface area contributed by atoms with Gasteiger partial charge in [0.25, 0.3) is 0 Å². The van der Waals surface area contributed by atoms with Gasteiger partial charge in [0.05, 0.1) is 0 Å². The van der Waals surface area contributed by atoms with Gasteiger partial charge in [-0.3, -0.25) is 0 Å². The predicted octanol–water partition coefficient (Wildman–Crippen LogP) is 3.60. The van der Waals surface area contributed by atoms with Crippen molar-refractivity contribution in [3.63, 3.8) is 0 Å². The van der Waals surface area contributed by atoms with Crippen LogP contribution in [0.5, 0.6) is 0 Å². The highest BCUT2D eigenvalue weighted by atomic mass is 14.0. The normalized spacial score (nSPS) is 13.3. The van der Waals surface area contributed by atoms with Crippen LogP contribution in [-0.2, 0) is 0 Å². The molecular formula is C10H22B2. The van der Waals surface area contributed by atoms with Crippen LogP contribution in [0.15, 0.2) is 0 Å². The van der Waals surface area contributed by atoms with E-state index in [2.05, 4.69) is 63.0 Å². The Bertz CT molecular complexity index is 112. The number of rotatable bonds is 2. The quantitative estimate of drug-likeness (QED) is 0.546. The Hall–Kier alpha value is 0.130. The van der Waals surface area contributed by atoms with E-state index < -0.39 is 0 Å². The van der Waals surface area contributed by atoms with Gasteiger partial charge in [-0.05, 0) is 0 Å². The van der Waals surface area contributed by atoms with E-state index in [1.54, 1.807) is 0 Å². The summed E-state index contributed by atoms with van der Waals surface area (Å²) in [7, 11) is 4.80. The summed E-state index contributed by atoms with van der Waals surface area (Å²) in [6.45, 7) is 15.8. The van der Waals surface area contributed by atoms with Crippen LogP contribution in [0.4, 0.5) is 0 Å². The fourth-order valence-electron chi connectivity index (χ4n) is 1.63. The van der Waals surface area contributed by atoms with E-state index in [0.717, 1.165) is 0 Å². The highest BCUT2D eigenvalue weighted by molar-refractivity contribution is 6.61. The van der Waals surface area contributed by atoms with Gasteiger partial charge in [-0.2, -0.15) is 0 Å². The topological polar surface area (TPSA) is 0 Å². The molecule has 0 aromatic heterocycles. The molecule has 0 spiro atoms. The molecule has 0 saturated heterocycles. The number of hydrogen-bond acceptors (Lipinski definition) is 0. The second-order valence-corrected chi connectivity index (χ2v) is 5.92. The Balaban J connectivity index is 3.83. The van der Waals surface area contributed by atoms with Crippen LogP contribution in [0.2, 0.25) is 16.3 Å². The summed E-state index contributed by atoms with van der Waals surface area (Å²) in [6.07, 6.45) is 0. The van der Waals surface area contributed by atoms with E-state index in [0.29, 0.717) is 16.3 Å². The van der Waals surface area contributed by atoms with E-state index >= 15 is 0 Å². The number of hydrogen-bond donors (Lipinski definition) is 0. The van der Waals surface area contributed by atoms with Gasteiger partial charge < -0.3 is 0 Å². The van der Waals surface area contributed by atoms with Crippen molar-refractivity contribution >= 4 is 14.6 Å². The summed E-state index contributed by atoms with van der Waals surface area (Å²) in [4.78, 5) is 0. The van der Waals surface area contributed by atoms with Crippen LogP contribution in [0.1, 0.15) is 48.5 Å². The molecule has 0 aliphatic heterocycles. The largest absolute Gasteiger partial charge is 0.111 e. The molecule has 0 amide bonds. The average Bonchev–Trinajstić information content (AvgIpc) is 1.49. The van der Waals surface area contributed by atoms with Crippen LogP contribution in [-0.4, -0.2) is 14.6 Å². The third-order valence-electron chi connectivity index (χ3n) is 1.53. The SMILES string of the molecule is CC([B]C(C)(C)C)[B]C(C)(C)C. The fourth-order valence-corrected chi connectivity index (χ4v) is 1.63. The molecule has 0 nitrogen and oxygen atoms in total. The standard InChI is InChI=1S/C10H22B2/c1-8(11-9(2,3)4)12-10(5,6)7/h8H,1-7H3. The molecule has 0 heterocycles. The van der Waals surface area contributed by atoms with Crippen molar-refractivity contribution in [1.82, 2.24) is 0 Å². The van der Waals surface area contributed by atoms with Crippen molar-refractivity contribution in [1.29, 1.82) is 0 Å². The van der Waals surface area contributed by atoms with Gasteiger partial charge in [0.2, 0.25) is 0 Å². The Morgan fingerprint density at radius 2 is 1.00 bits per heavy atom. The molecule has 0 saturated carbocycles. The molecule has 0 unspecified atom stereocenters. The Labute approximate surface area is 80.0 Å². The fraction of sp³-hybridized carbons (Fsp3) is 1.00. The molecule has 0 aromatic carbocycles. The van der Waals surface area contributed by atoms with Gasteiger partial charge in [0.15, 0.2) is 0 Å². The molecule has 68 valence electrons. The zero-order chi connectivity index (χ0) is 9.99. The van der Waals surface area contributed by atoms with E-state index in [9.17, 15) is 0 Å².